The number of hydrogen-bond donors (Lipinski definition) is 1. The number of nitrogens with zero attached hydrogens (tertiary/aromatic N) is 2. The minimum atomic E-state index is -3.45. The van der Waals surface area contributed by atoms with Gasteiger partial charge in [-0.25, -0.2) is 0 Å². The van der Waals surface area contributed by atoms with Crippen molar-refractivity contribution in [2.75, 3.05) is 23.9 Å². The summed E-state index contributed by atoms with van der Waals surface area (Å²) in [4.78, 5) is 0. The predicted molar refractivity (Wildman–Crippen MR) is 77.2 cm³/mol. The SMILES string of the molecule is CCN(CC)S(=O)(=O)N1CCC(N)c2ccccc21. The fourth-order valence-electron chi connectivity index (χ4n) is 2.49. The quantitative estimate of drug-likeness (QED) is 0.910. The second kappa shape index (κ2) is 5.48. The standard InChI is InChI=1S/C13H21N3O2S/c1-3-15(4-2)19(17,18)16-10-9-12(14)11-7-5-6-8-13(11)16/h5-8,12H,3-4,9-10,14H2,1-2H3. The monoisotopic (exact) mass is 283 g/mol. The number of benzene rings is 1. The first kappa shape index (κ1) is 14.3. The van der Waals surface area contributed by atoms with E-state index in [2.05, 4.69) is 0 Å². The van der Waals surface area contributed by atoms with Crippen molar-refractivity contribution in [2.24, 2.45) is 5.73 Å². The molecular weight excluding hydrogens is 262 g/mol. The van der Waals surface area contributed by atoms with E-state index in [-0.39, 0.29) is 6.04 Å². The van der Waals surface area contributed by atoms with E-state index in [1.54, 1.807) is 0 Å². The summed E-state index contributed by atoms with van der Waals surface area (Å²) < 4.78 is 28.2. The molecule has 5 nitrogen and oxygen atoms in total. The van der Waals surface area contributed by atoms with Crippen LogP contribution in [0.5, 0.6) is 0 Å². The van der Waals surface area contributed by atoms with Crippen LogP contribution in [0.15, 0.2) is 24.3 Å². The van der Waals surface area contributed by atoms with Gasteiger partial charge in [-0.2, -0.15) is 12.7 Å². The van der Waals surface area contributed by atoms with Crippen molar-refractivity contribution < 1.29 is 8.42 Å². The topological polar surface area (TPSA) is 66.6 Å². The van der Waals surface area contributed by atoms with Gasteiger partial charge >= 0.3 is 10.2 Å². The first-order valence-corrected chi connectivity index (χ1v) is 8.04. The van der Waals surface area contributed by atoms with Crippen molar-refractivity contribution in [3.63, 3.8) is 0 Å². The highest BCUT2D eigenvalue weighted by Gasteiger charge is 2.33. The number of nitrogens with two attached hydrogens (primary N) is 1. The summed E-state index contributed by atoms with van der Waals surface area (Å²) in [7, 11) is -3.45. The third kappa shape index (κ3) is 2.48. The molecule has 0 saturated heterocycles. The summed E-state index contributed by atoms with van der Waals surface area (Å²) in [6.45, 7) is 5.09. The highest BCUT2D eigenvalue weighted by molar-refractivity contribution is 7.90. The lowest BCUT2D eigenvalue weighted by Crippen LogP contribution is -2.47. The van der Waals surface area contributed by atoms with Crippen molar-refractivity contribution in [3.8, 4) is 0 Å². The molecule has 0 fully saturated rings. The van der Waals surface area contributed by atoms with Gasteiger partial charge < -0.3 is 5.73 Å². The van der Waals surface area contributed by atoms with Gasteiger partial charge in [-0.1, -0.05) is 32.0 Å². The van der Waals surface area contributed by atoms with Crippen molar-refractivity contribution in [3.05, 3.63) is 29.8 Å². The van der Waals surface area contributed by atoms with Gasteiger partial charge in [-0.05, 0) is 18.1 Å². The second-order valence-corrected chi connectivity index (χ2v) is 6.47. The van der Waals surface area contributed by atoms with Crippen molar-refractivity contribution in [2.45, 2.75) is 26.3 Å². The van der Waals surface area contributed by atoms with Crippen LogP contribution in [0.2, 0.25) is 0 Å². The Labute approximate surface area is 115 Å². The number of anilines is 1. The molecule has 0 bridgehead atoms. The van der Waals surface area contributed by atoms with Crippen LogP contribution in [-0.4, -0.2) is 32.4 Å². The molecule has 0 aliphatic carbocycles. The number of para-hydroxylation sites is 1. The Bertz CT molecular complexity index is 541. The molecule has 1 aromatic carbocycles. The molecule has 1 atom stereocenters. The summed E-state index contributed by atoms with van der Waals surface area (Å²) in [6.07, 6.45) is 0.650. The van der Waals surface area contributed by atoms with Gasteiger partial charge in [0.05, 0.1) is 5.69 Å². The maximum Gasteiger partial charge on any atom is 0.304 e. The fourth-order valence-corrected chi connectivity index (χ4v) is 4.17. The summed E-state index contributed by atoms with van der Waals surface area (Å²) in [5, 5.41) is 0. The van der Waals surface area contributed by atoms with E-state index in [0.29, 0.717) is 31.7 Å². The lowest BCUT2D eigenvalue weighted by molar-refractivity contribution is 0.439. The van der Waals surface area contributed by atoms with E-state index in [0.717, 1.165) is 5.56 Å². The predicted octanol–water partition coefficient (Wildman–Crippen LogP) is 1.48. The Kier molecular flexibility index (Phi) is 4.13. The molecule has 1 aliphatic rings. The normalized spacial score (nSPS) is 19.6. The zero-order valence-corrected chi connectivity index (χ0v) is 12.2. The Morgan fingerprint density at radius 2 is 1.95 bits per heavy atom. The van der Waals surface area contributed by atoms with Gasteiger partial charge in [0.15, 0.2) is 0 Å². The van der Waals surface area contributed by atoms with Gasteiger partial charge in [-0.3, -0.25) is 4.31 Å². The minimum absolute atomic E-state index is 0.0839. The molecule has 0 amide bonds. The van der Waals surface area contributed by atoms with Crippen LogP contribution < -0.4 is 10.0 Å². The third-order valence-corrected chi connectivity index (χ3v) is 5.66. The molecular formula is C13H21N3O2S. The smallest absolute Gasteiger partial charge is 0.304 e. The van der Waals surface area contributed by atoms with Gasteiger partial charge in [0.2, 0.25) is 0 Å². The zero-order valence-electron chi connectivity index (χ0n) is 11.4. The Hall–Kier alpha value is -1.11. The summed E-state index contributed by atoms with van der Waals surface area (Å²) >= 11 is 0. The van der Waals surface area contributed by atoms with Crippen LogP contribution in [0.3, 0.4) is 0 Å². The van der Waals surface area contributed by atoms with Crippen LogP contribution in [0.4, 0.5) is 5.69 Å². The van der Waals surface area contributed by atoms with Crippen LogP contribution >= 0.6 is 0 Å². The molecule has 2 rings (SSSR count). The van der Waals surface area contributed by atoms with Gasteiger partial charge in [0.1, 0.15) is 0 Å². The average molecular weight is 283 g/mol. The molecule has 0 saturated carbocycles. The van der Waals surface area contributed by atoms with Gasteiger partial charge in [-0.15, -0.1) is 0 Å². The van der Waals surface area contributed by atoms with Crippen LogP contribution in [0.1, 0.15) is 31.9 Å². The molecule has 0 aromatic heterocycles. The summed E-state index contributed by atoms with van der Waals surface area (Å²) in [5.74, 6) is 0. The van der Waals surface area contributed by atoms with Crippen LogP contribution in [0.25, 0.3) is 0 Å². The van der Waals surface area contributed by atoms with Crippen molar-refractivity contribution >= 4 is 15.9 Å². The van der Waals surface area contributed by atoms with E-state index in [9.17, 15) is 8.42 Å². The van der Waals surface area contributed by atoms with E-state index < -0.39 is 10.2 Å². The average Bonchev–Trinajstić information content (AvgIpc) is 2.40. The highest BCUT2D eigenvalue weighted by atomic mass is 32.2. The van der Waals surface area contributed by atoms with Crippen molar-refractivity contribution in [1.82, 2.24) is 4.31 Å². The van der Waals surface area contributed by atoms with Crippen LogP contribution in [-0.2, 0) is 10.2 Å². The molecule has 106 valence electrons. The molecule has 1 heterocycles. The molecule has 1 aromatic rings. The minimum Gasteiger partial charge on any atom is -0.324 e. The zero-order chi connectivity index (χ0) is 14.0. The molecule has 0 spiro atoms. The van der Waals surface area contributed by atoms with E-state index in [1.807, 2.05) is 38.1 Å². The molecule has 0 radical (unpaired) electrons. The fraction of sp³-hybridized carbons (Fsp3) is 0.538. The molecule has 2 N–H and O–H groups in total. The maximum atomic E-state index is 12.6. The Balaban J connectivity index is 2.45. The largest absolute Gasteiger partial charge is 0.324 e. The molecule has 6 heteroatoms. The second-order valence-electron chi connectivity index (χ2n) is 4.62. The third-order valence-electron chi connectivity index (χ3n) is 3.56. The van der Waals surface area contributed by atoms with E-state index in [4.69, 9.17) is 5.73 Å². The molecule has 1 unspecified atom stereocenters. The molecule has 19 heavy (non-hydrogen) atoms. The van der Waals surface area contributed by atoms with Crippen molar-refractivity contribution in [1.29, 1.82) is 0 Å². The number of hydrogen-bond acceptors (Lipinski definition) is 3. The Morgan fingerprint density at radius 1 is 1.32 bits per heavy atom. The van der Waals surface area contributed by atoms with Crippen LogP contribution in [0, 0.1) is 0 Å². The molecule has 1 aliphatic heterocycles. The number of rotatable bonds is 4. The lowest BCUT2D eigenvalue weighted by atomic mass is 9.99. The highest BCUT2D eigenvalue weighted by Crippen LogP contribution is 2.34. The van der Waals surface area contributed by atoms with Gasteiger partial charge in [0.25, 0.3) is 0 Å². The first-order chi connectivity index (χ1) is 9.02. The van der Waals surface area contributed by atoms with Gasteiger partial charge in [0, 0.05) is 25.7 Å². The number of fused-ring (bicyclic) bond motifs is 1. The van der Waals surface area contributed by atoms with E-state index in [1.165, 1.54) is 8.61 Å². The Morgan fingerprint density at radius 3 is 2.58 bits per heavy atom. The lowest BCUT2D eigenvalue weighted by Gasteiger charge is -2.36. The summed E-state index contributed by atoms with van der Waals surface area (Å²) in [6, 6.07) is 7.40. The maximum absolute atomic E-state index is 12.6. The first-order valence-electron chi connectivity index (χ1n) is 6.64. The van der Waals surface area contributed by atoms with E-state index >= 15 is 0 Å². The summed E-state index contributed by atoms with van der Waals surface area (Å²) in [5.41, 5.74) is 7.68.